The van der Waals surface area contributed by atoms with Crippen LogP contribution >= 0.6 is 0 Å². The molecule has 0 saturated carbocycles. The van der Waals surface area contributed by atoms with E-state index in [2.05, 4.69) is 17.6 Å². The third-order valence-corrected chi connectivity index (χ3v) is 2.54. The fraction of sp³-hybridized carbons (Fsp3) is 0.429. The number of rotatable bonds is 7. The van der Waals surface area contributed by atoms with E-state index in [4.69, 9.17) is 4.74 Å². The number of hydrogen-bond acceptors (Lipinski definition) is 3. The molecule has 1 rings (SSSR count). The summed E-state index contributed by atoms with van der Waals surface area (Å²) in [4.78, 5) is 23.5. The van der Waals surface area contributed by atoms with Gasteiger partial charge in [-0.1, -0.05) is 25.5 Å². The molecule has 5 heteroatoms. The van der Waals surface area contributed by atoms with E-state index in [1.807, 2.05) is 0 Å². The van der Waals surface area contributed by atoms with Gasteiger partial charge in [0.15, 0.2) is 0 Å². The van der Waals surface area contributed by atoms with Crippen LogP contribution in [0.3, 0.4) is 0 Å². The predicted molar refractivity (Wildman–Crippen MR) is 74.2 cm³/mol. The van der Waals surface area contributed by atoms with Crippen molar-refractivity contribution in [1.82, 2.24) is 5.32 Å². The molecule has 0 atom stereocenters. The highest BCUT2D eigenvalue weighted by atomic mass is 16.5. The monoisotopic (exact) mass is 264 g/mol. The van der Waals surface area contributed by atoms with Crippen LogP contribution in [-0.4, -0.2) is 32.1 Å². The van der Waals surface area contributed by atoms with E-state index in [1.54, 1.807) is 24.3 Å². The lowest BCUT2D eigenvalue weighted by molar-refractivity contribution is -0.119. The predicted octanol–water partition coefficient (Wildman–Crippen LogP) is 1.80. The second-order valence-electron chi connectivity index (χ2n) is 4.14. The third kappa shape index (κ3) is 5.09. The SMILES string of the molecule is CCCCNC(=O)c1ccccc1NC(=O)COC. The Morgan fingerprint density at radius 1 is 1.26 bits per heavy atom. The number of amides is 2. The van der Waals surface area contributed by atoms with Crippen LogP contribution in [0, 0.1) is 0 Å². The largest absolute Gasteiger partial charge is 0.375 e. The van der Waals surface area contributed by atoms with Crippen molar-refractivity contribution in [2.75, 3.05) is 25.6 Å². The van der Waals surface area contributed by atoms with Crippen molar-refractivity contribution in [2.45, 2.75) is 19.8 Å². The highest BCUT2D eigenvalue weighted by molar-refractivity contribution is 6.03. The third-order valence-electron chi connectivity index (χ3n) is 2.54. The van der Waals surface area contributed by atoms with E-state index in [-0.39, 0.29) is 18.4 Å². The zero-order valence-electron chi connectivity index (χ0n) is 11.4. The minimum Gasteiger partial charge on any atom is -0.375 e. The number of ether oxygens (including phenoxy) is 1. The Labute approximate surface area is 113 Å². The molecule has 0 saturated heterocycles. The van der Waals surface area contributed by atoms with E-state index >= 15 is 0 Å². The zero-order chi connectivity index (χ0) is 14.1. The van der Waals surface area contributed by atoms with Crippen molar-refractivity contribution in [3.8, 4) is 0 Å². The molecule has 0 fully saturated rings. The Hall–Kier alpha value is -1.88. The first-order chi connectivity index (χ1) is 9.19. The molecule has 0 aromatic heterocycles. The summed E-state index contributed by atoms with van der Waals surface area (Å²) in [6.45, 7) is 2.66. The first-order valence-corrected chi connectivity index (χ1v) is 6.35. The first kappa shape index (κ1) is 15.2. The Bertz CT molecular complexity index is 432. The average molecular weight is 264 g/mol. The highest BCUT2D eigenvalue weighted by Crippen LogP contribution is 2.14. The van der Waals surface area contributed by atoms with Crippen LogP contribution in [0.4, 0.5) is 5.69 Å². The fourth-order valence-corrected chi connectivity index (χ4v) is 1.58. The molecule has 5 nitrogen and oxygen atoms in total. The maximum absolute atomic E-state index is 12.0. The van der Waals surface area contributed by atoms with Gasteiger partial charge in [0.1, 0.15) is 6.61 Å². The Balaban J connectivity index is 2.72. The fourth-order valence-electron chi connectivity index (χ4n) is 1.58. The second kappa shape index (κ2) is 8.26. The molecule has 0 aliphatic heterocycles. The number of nitrogens with one attached hydrogen (secondary N) is 2. The number of carbonyl (C=O) groups excluding carboxylic acids is 2. The van der Waals surface area contributed by atoms with Gasteiger partial charge < -0.3 is 15.4 Å². The molecule has 19 heavy (non-hydrogen) atoms. The van der Waals surface area contributed by atoms with E-state index in [0.717, 1.165) is 12.8 Å². The number of methoxy groups -OCH3 is 1. The van der Waals surface area contributed by atoms with Crippen molar-refractivity contribution < 1.29 is 14.3 Å². The average Bonchev–Trinajstić information content (AvgIpc) is 2.39. The lowest BCUT2D eigenvalue weighted by Crippen LogP contribution is -2.26. The number of para-hydroxylation sites is 1. The summed E-state index contributed by atoms with van der Waals surface area (Å²) in [5.74, 6) is -0.460. The minimum atomic E-state index is -0.281. The van der Waals surface area contributed by atoms with Crippen LogP contribution in [0.15, 0.2) is 24.3 Å². The molecule has 104 valence electrons. The van der Waals surface area contributed by atoms with Crippen molar-refractivity contribution in [3.05, 3.63) is 29.8 Å². The van der Waals surface area contributed by atoms with Gasteiger partial charge in [-0.05, 0) is 18.6 Å². The van der Waals surface area contributed by atoms with Gasteiger partial charge in [-0.2, -0.15) is 0 Å². The van der Waals surface area contributed by atoms with Crippen molar-refractivity contribution in [1.29, 1.82) is 0 Å². The summed E-state index contributed by atoms with van der Waals surface area (Å²) in [7, 11) is 1.45. The number of unbranched alkanes of at least 4 members (excludes halogenated alkanes) is 1. The molecule has 1 aromatic rings. The number of benzene rings is 1. The summed E-state index contributed by atoms with van der Waals surface area (Å²) in [5, 5.41) is 5.48. The lowest BCUT2D eigenvalue weighted by Gasteiger charge is -2.11. The Morgan fingerprint density at radius 3 is 2.68 bits per heavy atom. The molecule has 1 aromatic carbocycles. The summed E-state index contributed by atoms with van der Waals surface area (Å²) in [5.41, 5.74) is 0.960. The molecular weight excluding hydrogens is 244 g/mol. The summed E-state index contributed by atoms with van der Waals surface area (Å²) >= 11 is 0. The summed E-state index contributed by atoms with van der Waals surface area (Å²) < 4.78 is 4.74. The van der Waals surface area contributed by atoms with E-state index in [9.17, 15) is 9.59 Å². The van der Waals surface area contributed by atoms with Gasteiger partial charge in [0, 0.05) is 13.7 Å². The Kier molecular flexibility index (Phi) is 6.60. The van der Waals surface area contributed by atoms with E-state index in [1.165, 1.54) is 7.11 Å². The maximum Gasteiger partial charge on any atom is 0.253 e. The minimum absolute atomic E-state index is 0.0359. The topological polar surface area (TPSA) is 67.4 Å². The van der Waals surface area contributed by atoms with Crippen LogP contribution in [0.1, 0.15) is 30.1 Å². The van der Waals surface area contributed by atoms with Crippen LogP contribution in [0.2, 0.25) is 0 Å². The molecule has 0 radical (unpaired) electrons. The summed E-state index contributed by atoms with van der Waals surface area (Å²) in [6.07, 6.45) is 1.95. The van der Waals surface area contributed by atoms with E-state index in [0.29, 0.717) is 17.8 Å². The summed E-state index contributed by atoms with van der Waals surface area (Å²) in [6, 6.07) is 6.91. The smallest absolute Gasteiger partial charge is 0.253 e. The van der Waals surface area contributed by atoms with Crippen molar-refractivity contribution in [3.63, 3.8) is 0 Å². The number of carbonyl (C=O) groups is 2. The van der Waals surface area contributed by atoms with Crippen LogP contribution in [-0.2, 0) is 9.53 Å². The molecular formula is C14H20N2O3. The molecule has 2 N–H and O–H groups in total. The van der Waals surface area contributed by atoms with Gasteiger partial charge in [-0.25, -0.2) is 0 Å². The molecule has 0 unspecified atom stereocenters. The normalized spacial score (nSPS) is 10.0. The molecule has 0 heterocycles. The molecule has 0 aliphatic carbocycles. The number of anilines is 1. The van der Waals surface area contributed by atoms with E-state index < -0.39 is 0 Å². The van der Waals surface area contributed by atoms with Crippen LogP contribution in [0.25, 0.3) is 0 Å². The van der Waals surface area contributed by atoms with Gasteiger partial charge in [-0.3, -0.25) is 9.59 Å². The Morgan fingerprint density at radius 2 is 2.00 bits per heavy atom. The van der Waals surface area contributed by atoms with Gasteiger partial charge in [0.25, 0.3) is 5.91 Å². The molecule has 2 amide bonds. The van der Waals surface area contributed by atoms with Crippen LogP contribution in [0.5, 0.6) is 0 Å². The lowest BCUT2D eigenvalue weighted by atomic mass is 10.1. The quantitative estimate of drug-likeness (QED) is 0.738. The standard InChI is InChI=1S/C14H20N2O3/c1-3-4-9-15-14(18)11-7-5-6-8-12(11)16-13(17)10-19-2/h5-8H,3-4,9-10H2,1-2H3,(H,15,18)(H,16,17). The highest BCUT2D eigenvalue weighted by Gasteiger charge is 2.12. The van der Waals surface area contributed by atoms with Crippen molar-refractivity contribution in [2.24, 2.45) is 0 Å². The van der Waals surface area contributed by atoms with Gasteiger partial charge in [0.05, 0.1) is 11.3 Å². The number of hydrogen-bond donors (Lipinski definition) is 2. The van der Waals surface area contributed by atoms with Crippen LogP contribution < -0.4 is 10.6 Å². The molecule has 0 spiro atoms. The maximum atomic E-state index is 12.0. The van der Waals surface area contributed by atoms with Gasteiger partial charge in [-0.15, -0.1) is 0 Å². The van der Waals surface area contributed by atoms with Gasteiger partial charge >= 0.3 is 0 Å². The zero-order valence-corrected chi connectivity index (χ0v) is 11.4. The van der Waals surface area contributed by atoms with Crippen molar-refractivity contribution >= 4 is 17.5 Å². The molecule has 0 aliphatic rings. The molecule has 0 bridgehead atoms. The first-order valence-electron chi connectivity index (χ1n) is 6.35. The van der Waals surface area contributed by atoms with Gasteiger partial charge in [0.2, 0.25) is 5.91 Å². The second-order valence-corrected chi connectivity index (χ2v) is 4.14.